The predicted molar refractivity (Wildman–Crippen MR) is 72.3 cm³/mol. The van der Waals surface area contributed by atoms with Crippen molar-refractivity contribution in [1.29, 1.82) is 0 Å². The molecule has 0 aromatic heterocycles. The fourth-order valence-electron chi connectivity index (χ4n) is 2.13. The summed E-state index contributed by atoms with van der Waals surface area (Å²) in [6.45, 7) is 4.43. The molecule has 0 saturated heterocycles. The second-order valence-electron chi connectivity index (χ2n) is 4.25. The summed E-state index contributed by atoms with van der Waals surface area (Å²) in [5.74, 6) is 0. The first-order valence-electron chi connectivity index (χ1n) is 5.79. The molecule has 16 heavy (non-hydrogen) atoms. The smallest absolute Gasteiger partial charge is 0.0152 e. The molecule has 0 atom stereocenters. The highest BCUT2D eigenvalue weighted by Crippen LogP contribution is 2.22. The summed E-state index contributed by atoms with van der Waals surface area (Å²) in [5, 5.41) is 2.81. The number of unbranched alkanes of at least 4 members (excludes halogenated alkanes) is 1. The molecule has 0 heterocycles. The monoisotopic (exact) mass is 215 g/mol. The van der Waals surface area contributed by atoms with E-state index in [-0.39, 0.29) is 6.15 Å². The Kier molecular flexibility index (Phi) is 4.51. The highest BCUT2D eigenvalue weighted by molar-refractivity contribution is 5.86. The van der Waals surface area contributed by atoms with E-state index in [1.165, 1.54) is 41.2 Å². The Morgan fingerprint density at radius 2 is 1.81 bits per heavy atom. The standard InChI is InChI=1S/C15H18.H3N/c1-3-4-7-13-10-12(2)11-14-8-5-6-9-15(13)14;/h5-6,8-11H,3-4,7H2,1-2H3;1H3. The average molecular weight is 215 g/mol. The minimum absolute atomic E-state index is 0. The van der Waals surface area contributed by atoms with Crippen LogP contribution >= 0.6 is 0 Å². The largest absolute Gasteiger partial charge is 0.344 e. The van der Waals surface area contributed by atoms with Gasteiger partial charge in [0.15, 0.2) is 0 Å². The van der Waals surface area contributed by atoms with Crippen LogP contribution in [0.3, 0.4) is 0 Å². The van der Waals surface area contributed by atoms with Gasteiger partial charge in [-0.2, -0.15) is 0 Å². The van der Waals surface area contributed by atoms with E-state index in [4.69, 9.17) is 0 Å². The number of benzene rings is 2. The molecule has 3 N–H and O–H groups in total. The highest BCUT2D eigenvalue weighted by Gasteiger charge is 2.01. The molecule has 0 bridgehead atoms. The summed E-state index contributed by atoms with van der Waals surface area (Å²) >= 11 is 0. The van der Waals surface area contributed by atoms with Crippen molar-refractivity contribution >= 4 is 10.8 Å². The first-order chi connectivity index (χ1) is 7.31. The fourth-order valence-corrected chi connectivity index (χ4v) is 2.13. The van der Waals surface area contributed by atoms with Gasteiger partial charge in [-0.15, -0.1) is 0 Å². The summed E-state index contributed by atoms with van der Waals surface area (Å²) in [7, 11) is 0. The van der Waals surface area contributed by atoms with Gasteiger partial charge in [0.05, 0.1) is 0 Å². The zero-order valence-corrected chi connectivity index (χ0v) is 10.3. The molecule has 0 fully saturated rings. The summed E-state index contributed by atoms with van der Waals surface area (Å²) in [5.41, 5.74) is 2.88. The van der Waals surface area contributed by atoms with Crippen LogP contribution < -0.4 is 6.15 Å². The van der Waals surface area contributed by atoms with Crippen LogP contribution in [0.5, 0.6) is 0 Å². The Balaban J connectivity index is 0.00000128. The van der Waals surface area contributed by atoms with E-state index in [1.54, 1.807) is 0 Å². The molecule has 0 saturated carbocycles. The quantitative estimate of drug-likeness (QED) is 0.794. The lowest BCUT2D eigenvalue weighted by molar-refractivity contribution is 0.798. The summed E-state index contributed by atoms with van der Waals surface area (Å²) in [6.07, 6.45) is 3.76. The van der Waals surface area contributed by atoms with E-state index >= 15 is 0 Å². The van der Waals surface area contributed by atoms with Crippen LogP contribution in [0.4, 0.5) is 0 Å². The first kappa shape index (κ1) is 12.7. The van der Waals surface area contributed by atoms with Crippen LogP contribution in [0.25, 0.3) is 10.8 Å². The molecule has 86 valence electrons. The van der Waals surface area contributed by atoms with Crippen molar-refractivity contribution in [2.45, 2.75) is 33.1 Å². The van der Waals surface area contributed by atoms with Crippen molar-refractivity contribution in [2.24, 2.45) is 0 Å². The van der Waals surface area contributed by atoms with Gasteiger partial charge in [-0.3, -0.25) is 0 Å². The van der Waals surface area contributed by atoms with E-state index in [0.29, 0.717) is 0 Å². The third kappa shape index (κ3) is 2.61. The molecule has 1 heteroatoms. The van der Waals surface area contributed by atoms with Gasteiger partial charge in [0, 0.05) is 0 Å². The van der Waals surface area contributed by atoms with Crippen molar-refractivity contribution in [3.05, 3.63) is 47.5 Å². The number of hydrogen-bond acceptors (Lipinski definition) is 1. The fraction of sp³-hybridized carbons (Fsp3) is 0.333. The first-order valence-corrected chi connectivity index (χ1v) is 5.79. The van der Waals surface area contributed by atoms with Crippen molar-refractivity contribution in [3.8, 4) is 0 Å². The number of rotatable bonds is 3. The van der Waals surface area contributed by atoms with E-state index in [1.807, 2.05) is 0 Å². The van der Waals surface area contributed by atoms with Crippen LogP contribution in [0.2, 0.25) is 0 Å². The third-order valence-electron chi connectivity index (χ3n) is 2.89. The SMILES string of the molecule is CCCCc1cc(C)cc2ccccc12.N. The summed E-state index contributed by atoms with van der Waals surface area (Å²) in [6, 6.07) is 13.3. The van der Waals surface area contributed by atoms with E-state index < -0.39 is 0 Å². The maximum absolute atomic E-state index is 2.33. The molecule has 0 aliphatic carbocycles. The van der Waals surface area contributed by atoms with Gasteiger partial charge in [-0.1, -0.05) is 55.3 Å². The van der Waals surface area contributed by atoms with Gasteiger partial charge in [0.1, 0.15) is 0 Å². The maximum Gasteiger partial charge on any atom is -0.0152 e. The van der Waals surface area contributed by atoms with Gasteiger partial charge in [-0.25, -0.2) is 0 Å². The molecule has 0 amide bonds. The van der Waals surface area contributed by atoms with Crippen molar-refractivity contribution in [2.75, 3.05) is 0 Å². The van der Waals surface area contributed by atoms with E-state index in [9.17, 15) is 0 Å². The molecule has 1 nitrogen and oxygen atoms in total. The molecule has 0 spiro atoms. The lowest BCUT2D eigenvalue weighted by atomic mass is 9.98. The average Bonchev–Trinajstić information content (AvgIpc) is 2.25. The van der Waals surface area contributed by atoms with Crippen LogP contribution in [0, 0.1) is 6.92 Å². The number of fused-ring (bicyclic) bond motifs is 1. The Bertz CT molecular complexity index is 460. The van der Waals surface area contributed by atoms with Crippen LogP contribution in [-0.2, 0) is 6.42 Å². The minimum Gasteiger partial charge on any atom is -0.344 e. The van der Waals surface area contributed by atoms with Gasteiger partial charge in [0.2, 0.25) is 0 Å². The Morgan fingerprint density at radius 3 is 2.56 bits per heavy atom. The van der Waals surface area contributed by atoms with E-state index in [2.05, 4.69) is 50.2 Å². The molecule has 0 unspecified atom stereocenters. The summed E-state index contributed by atoms with van der Waals surface area (Å²) in [4.78, 5) is 0. The van der Waals surface area contributed by atoms with Gasteiger partial charge >= 0.3 is 0 Å². The van der Waals surface area contributed by atoms with Crippen molar-refractivity contribution in [3.63, 3.8) is 0 Å². The zero-order valence-electron chi connectivity index (χ0n) is 10.3. The Labute approximate surface area is 98.1 Å². The molecule has 0 aliphatic rings. The van der Waals surface area contributed by atoms with Crippen molar-refractivity contribution in [1.82, 2.24) is 6.15 Å². The minimum atomic E-state index is 0. The molecular weight excluding hydrogens is 194 g/mol. The van der Waals surface area contributed by atoms with Crippen molar-refractivity contribution < 1.29 is 0 Å². The lowest BCUT2D eigenvalue weighted by Gasteiger charge is -2.07. The second-order valence-corrected chi connectivity index (χ2v) is 4.25. The van der Waals surface area contributed by atoms with Gasteiger partial charge < -0.3 is 6.15 Å². The van der Waals surface area contributed by atoms with Crippen LogP contribution in [0.1, 0.15) is 30.9 Å². The summed E-state index contributed by atoms with van der Waals surface area (Å²) < 4.78 is 0. The molecule has 2 rings (SSSR count). The Hall–Kier alpha value is -1.34. The highest BCUT2D eigenvalue weighted by atomic mass is 14.1. The predicted octanol–water partition coefficient (Wildman–Crippen LogP) is 4.65. The topological polar surface area (TPSA) is 35.0 Å². The number of hydrogen-bond donors (Lipinski definition) is 1. The molecule has 2 aromatic rings. The second kappa shape index (κ2) is 5.66. The molecule has 2 aromatic carbocycles. The zero-order chi connectivity index (χ0) is 10.7. The molecular formula is C15H21N. The molecule has 0 radical (unpaired) electrons. The lowest BCUT2D eigenvalue weighted by Crippen LogP contribution is -1.88. The van der Waals surface area contributed by atoms with Crippen LogP contribution in [0.15, 0.2) is 36.4 Å². The molecule has 0 aliphatic heterocycles. The Morgan fingerprint density at radius 1 is 1.06 bits per heavy atom. The van der Waals surface area contributed by atoms with Crippen LogP contribution in [-0.4, -0.2) is 0 Å². The number of aryl methyl sites for hydroxylation is 2. The third-order valence-corrected chi connectivity index (χ3v) is 2.89. The van der Waals surface area contributed by atoms with Gasteiger partial charge in [0.25, 0.3) is 0 Å². The maximum atomic E-state index is 2.33. The van der Waals surface area contributed by atoms with Gasteiger partial charge in [-0.05, 0) is 36.1 Å². The van der Waals surface area contributed by atoms with E-state index in [0.717, 1.165) is 0 Å². The normalized spacial score (nSPS) is 10.1.